The zero-order valence-electron chi connectivity index (χ0n) is 7.37. The van der Waals surface area contributed by atoms with Crippen LogP contribution >= 0.6 is 12.2 Å². The highest BCUT2D eigenvalue weighted by molar-refractivity contribution is 7.71. The number of nitrogens with zero attached hydrogens (tertiary/aromatic N) is 1. The Kier molecular flexibility index (Phi) is 2.87. The molecule has 1 aromatic heterocycles. The summed E-state index contributed by atoms with van der Waals surface area (Å²) in [6.45, 7) is 4.02. The predicted octanol–water partition coefficient (Wildman–Crippen LogP) is 2.72. The molecule has 0 radical (unpaired) electrons. The number of hydrogen-bond acceptors (Lipinski definition) is 2. The Morgan fingerprint density at radius 3 is 2.75 bits per heavy atom. The molecule has 0 aromatic carbocycles. The summed E-state index contributed by atoms with van der Waals surface area (Å²) >= 11 is 4.95. The van der Waals surface area contributed by atoms with Gasteiger partial charge in [-0.25, -0.2) is 0 Å². The maximum Gasteiger partial charge on any atom is 0.145 e. The quantitative estimate of drug-likeness (QED) is 0.563. The van der Waals surface area contributed by atoms with Crippen molar-refractivity contribution in [3.63, 3.8) is 0 Å². The molecule has 0 aliphatic rings. The fourth-order valence-corrected chi connectivity index (χ4v) is 1.31. The number of aromatic nitrogens is 1. The lowest BCUT2D eigenvalue weighted by Gasteiger charge is -2.04. The third-order valence-electron chi connectivity index (χ3n) is 1.77. The van der Waals surface area contributed by atoms with Gasteiger partial charge in [-0.15, -0.1) is 0 Å². The Labute approximate surface area is 77.4 Å². The van der Waals surface area contributed by atoms with Crippen LogP contribution in [-0.2, 0) is 6.42 Å². The maximum atomic E-state index is 9.32. The summed E-state index contributed by atoms with van der Waals surface area (Å²) in [5, 5.41) is 9.32. The van der Waals surface area contributed by atoms with Crippen molar-refractivity contribution in [2.75, 3.05) is 0 Å². The first-order chi connectivity index (χ1) is 5.65. The topological polar surface area (TPSA) is 25.2 Å². The van der Waals surface area contributed by atoms with E-state index < -0.39 is 0 Å². The molecule has 0 fully saturated rings. The van der Waals surface area contributed by atoms with Crippen LogP contribution in [0.1, 0.15) is 24.5 Å². The molecule has 2 nitrogen and oxygen atoms in total. The van der Waals surface area contributed by atoms with E-state index in [1.54, 1.807) is 6.20 Å². The molecule has 0 saturated carbocycles. The van der Waals surface area contributed by atoms with Gasteiger partial charge in [-0.2, -0.15) is 4.73 Å². The molecule has 3 heteroatoms. The lowest BCUT2D eigenvalue weighted by molar-refractivity contribution is 0.179. The van der Waals surface area contributed by atoms with E-state index in [1.165, 1.54) is 0 Å². The minimum atomic E-state index is 0.495. The van der Waals surface area contributed by atoms with Crippen LogP contribution in [0.5, 0.6) is 0 Å². The lowest BCUT2D eigenvalue weighted by atomic mass is 10.1. The molecule has 66 valence electrons. The molecule has 0 amide bonds. The highest BCUT2D eigenvalue weighted by Gasteiger charge is 1.97. The zero-order chi connectivity index (χ0) is 9.14. The maximum absolute atomic E-state index is 9.32. The van der Waals surface area contributed by atoms with Crippen molar-refractivity contribution in [2.45, 2.75) is 26.7 Å². The normalized spacial score (nSPS) is 10.2. The Hall–Kier alpha value is -0.830. The first-order valence-corrected chi connectivity index (χ1v) is 4.47. The minimum Gasteiger partial charge on any atom is -0.428 e. The lowest BCUT2D eigenvalue weighted by Crippen LogP contribution is -1.98. The second-order valence-electron chi connectivity index (χ2n) is 2.93. The molecule has 0 aliphatic heterocycles. The molecule has 0 spiro atoms. The Bertz CT molecular complexity index is 304. The van der Waals surface area contributed by atoms with Crippen molar-refractivity contribution in [1.29, 1.82) is 0 Å². The number of aryl methyl sites for hydroxylation is 2. The van der Waals surface area contributed by atoms with E-state index in [0.717, 1.165) is 28.7 Å². The van der Waals surface area contributed by atoms with Crippen LogP contribution in [-0.4, -0.2) is 9.94 Å². The van der Waals surface area contributed by atoms with Gasteiger partial charge in [0.1, 0.15) is 4.64 Å². The average molecular weight is 183 g/mol. The highest BCUT2D eigenvalue weighted by atomic mass is 32.1. The minimum absolute atomic E-state index is 0.495. The van der Waals surface area contributed by atoms with Gasteiger partial charge in [0.15, 0.2) is 0 Å². The Morgan fingerprint density at radius 2 is 2.25 bits per heavy atom. The molecule has 0 unspecified atom stereocenters. The number of hydrogen-bond donors (Lipinski definition) is 1. The Morgan fingerprint density at radius 1 is 1.58 bits per heavy atom. The monoisotopic (exact) mass is 183 g/mol. The smallest absolute Gasteiger partial charge is 0.145 e. The summed E-state index contributed by atoms with van der Waals surface area (Å²) in [5.41, 5.74) is 2.09. The zero-order valence-corrected chi connectivity index (χ0v) is 8.19. The van der Waals surface area contributed by atoms with Crippen molar-refractivity contribution in [1.82, 2.24) is 4.73 Å². The highest BCUT2D eigenvalue weighted by Crippen LogP contribution is 2.07. The standard InChI is InChI=1S/C9H13NOS/c1-3-4-8-5-7(2)9(12)10(11)6-8/h5-6,11H,3-4H2,1-2H3. The second-order valence-corrected chi connectivity index (χ2v) is 3.32. The van der Waals surface area contributed by atoms with Crippen LogP contribution in [0, 0.1) is 11.6 Å². The first-order valence-electron chi connectivity index (χ1n) is 4.06. The van der Waals surface area contributed by atoms with E-state index in [9.17, 15) is 5.21 Å². The van der Waals surface area contributed by atoms with Gasteiger partial charge in [-0.1, -0.05) is 31.6 Å². The van der Waals surface area contributed by atoms with Gasteiger partial charge < -0.3 is 5.21 Å². The van der Waals surface area contributed by atoms with Crippen LogP contribution in [0.25, 0.3) is 0 Å². The first kappa shape index (κ1) is 9.26. The summed E-state index contributed by atoms with van der Waals surface area (Å²) in [7, 11) is 0. The number of pyridine rings is 1. The molecule has 0 saturated heterocycles. The van der Waals surface area contributed by atoms with Crippen molar-refractivity contribution in [2.24, 2.45) is 0 Å². The molecule has 0 atom stereocenters. The van der Waals surface area contributed by atoms with Crippen molar-refractivity contribution in [3.8, 4) is 0 Å². The molecule has 0 bridgehead atoms. The van der Waals surface area contributed by atoms with E-state index in [-0.39, 0.29) is 0 Å². The second kappa shape index (κ2) is 3.72. The van der Waals surface area contributed by atoms with Crippen LogP contribution in [0.15, 0.2) is 12.3 Å². The van der Waals surface area contributed by atoms with Crippen molar-refractivity contribution >= 4 is 12.2 Å². The van der Waals surface area contributed by atoms with Crippen LogP contribution in [0.3, 0.4) is 0 Å². The van der Waals surface area contributed by atoms with Crippen molar-refractivity contribution in [3.05, 3.63) is 28.0 Å². The molecule has 1 heterocycles. The van der Waals surface area contributed by atoms with Gasteiger partial charge in [-0.05, 0) is 24.5 Å². The molecular formula is C9H13NOS. The van der Waals surface area contributed by atoms with E-state index in [1.807, 2.05) is 13.0 Å². The van der Waals surface area contributed by atoms with Gasteiger partial charge in [0.25, 0.3) is 0 Å². The molecule has 1 aromatic rings. The number of rotatable bonds is 2. The SMILES string of the molecule is CCCc1cc(C)c(=S)n(O)c1. The van der Waals surface area contributed by atoms with Gasteiger partial charge in [-0.3, -0.25) is 0 Å². The van der Waals surface area contributed by atoms with E-state index in [4.69, 9.17) is 12.2 Å². The van der Waals surface area contributed by atoms with Crippen LogP contribution < -0.4 is 0 Å². The summed E-state index contributed by atoms with van der Waals surface area (Å²) in [5.74, 6) is 0. The fraction of sp³-hybridized carbons (Fsp3) is 0.444. The van der Waals surface area contributed by atoms with Gasteiger partial charge in [0, 0.05) is 6.20 Å². The third-order valence-corrected chi connectivity index (χ3v) is 2.28. The summed E-state index contributed by atoms with van der Waals surface area (Å²) in [4.78, 5) is 0. The molecule has 12 heavy (non-hydrogen) atoms. The van der Waals surface area contributed by atoms with E-state index >= 15 is 0 Å². The van der Waals surface area contributed by atoms with Crippen molar-refractivity contribution < 1.29 is 5.21 Å². The summed E-state index contributed by atoms with van der Waals surface area (Å²) in [6, 6.07) is 2.03. The predicted molar refractivity (Wildman–Crippen MR) is 51.2 cm³/mol. The Balaban J connectivity index is 3.13. The molecule has 1 rings (SSSR count). The molecular weight excluding hydrogens is 170 g/mol. The van der Waals surface area contributed by atoms with Crippen LogP contribution in [0.4, 0.5) is 0 Å². The third kappa shape index (κ3) is 1.85. The van der Waals surface area contributed by atoms with Gasteiger partial charge >= 0.3 is 0 Å². The van der Waals surface area contributed by atoms with E-state index in [0.29, 0.717) is 4.64 Å². The largest absolute Gasteiger partial charge is 0.428 e. The molecule has 1 N–H and O–H groups in total. The van der Waals surface area contributed by atoms with Gasteiger partial charge in [0.05, 0.1) is 0 Å². The average Bonchev–Trinajstić information content (AvgIpc) is 2.01. The fourth-order valence-electron chi connectivity index (χ4n) is 1.20. The summed E-state index contributed by atoms with van der Waals surface area (Å²) < 4.78 is 1.52. The molecule has 0 aliphatic carbocycles. The summed E-state index contributed by atoms with van der Waals surface area (Å²) in [6.07, 6.45) is 3.74. The van der Waals surface area contributed by atoms with Crippen LogP contribution in [0.2, 0.25) is 0 Å². The van der Waals surface area contributed by atoms with Gasteiger partial charge in [0.2, 0.25) is 0 Å². The van der Waals surface area contributed by atoms with E-state index in [2.05, 4.69) is 6.92 Å².